The Bertz CT molecular complexity index is 1030. The molecule has 36 heavy (non-hydrogen) atoms. The summed E-state index contributed by atoms with van der Waals surface area (Å²) in [5, 5.41) is 6.71. The molecule has 1 saturated heterocycles. The van der Waals surface area contributed by atoms with Crippen molar-refractivity contribution < 1.29 is 18.8 Å². The van der Waals surface area contributed by atoms with Crippen LogP contribution in [0.3, 0.4) is 0 Å². The number of benzene rings is 2. The number of esters is 1. The Morgan fingerprint density at radius 2 is 1.64 bits per heavy atom. The summed E-state index contributed by atoms with van der Waals surface area (Å²) < 4.78 is 11.6. The molecule has 3 rings (SSSR count). The van der Waals surface area contributed by atoms with Crippen molar-refractivity contribution in [2.75, 3.05) is 23.9 Å². The van der Waals surface area contributed by atoms with Crippen LogP contribution in [0.15, 0.2) is 54.6 Å². The summed E-state index contributed by atoms with van der Waals surface area (Å²) >= 11 is 1.82. The third-order valence-corrected chi connectivity index (χ3v) is 12.9. The van der Waals surface area contributed by atoms with E-state index in [1.165, 1.54) is 7.11 Å². The van der Waals surface area contributed by atoms with Gasteiger partial charge < -0.3 is 14.5 Å². The molecule has 1 amide bonds. The average Bonchev–Trinajstić information content (AvgIpc) is 2.86. The van der Waals surface area contributed by atoms with Crippen LogP contribution in [0.25, 0.3) is 0 Å². The van der Waals surface area contributed by atoms with Crippen molar-refractivity contribution in [3.63, 3.8) is 0 Å². The molecule has 1 heterocycles. The predicted molar refractivity (Wildman–Crippen MR) is 151 cm³/mol. The molecule has 6 nitrogen and oxygen atoms in total. The Morgan fingerprint density at radius 1 is 1.03 bits per heavy atom. The Morgan fingerprint density at radius 3 is 2.25 bits per heavy atom. The van der Waals surface area contributed by atoms with Gasteiger partial charge in [-0.15, -0.1) is 0 Å². The molecule has 0 spiro atoms. The molecule has 0 aromatic heterocycles. The molecule has 1 fully saturated rings. The number of ether oxygens (including phenoxy) is 1. The first-order valence-electron chi connectivity index (χ1n) is 12.5. The van der Waals surface area contributed by atoms with Crippen LogP contribution >= 0.6 is 11.8 Å². The van der Waals surface area contributed by atoms with Gasteiger partial charge in [0.15, 0.2) is 8.32 Å². The molecule has 1 aliphatic heterocycles. The van der Waals surface area contributed by atoms with E-state index in [9.17, 15) is 9.59 Å². The second-order valence-electron chi connectivity index (χ2n) is 10.9. The molecule has 0 saturated carbocycles. The third-order valence-electron chi connectivity index (χ3n) is 7.43. The summed E-state index contributed by atoms with van der Waals surface area (Å²) in [6.07, 6.45) is 1.24. The zero-order valence-electron chi connectivity index (χ0n) is 22.4. The van der Waals surface area contributed by atoms with Crippen molar-refractivity contribution >= 4 is 37.6 Å². The fourth-order valence-corrected chi connectivity index (χ4v) is 6.10. The lowest BCUT2D eigenvalue weighted by atomic mass is 9.88. The normalized spacial score (nSPS) is 16.7. The number of anilines is 1. The lowest BCUT2D eigenvalue weighted by Crippen LogP contribution is -2.59. The van der Waals surface area contributed by atoms with Crippen LogP contribution in [0.4, 0.5) is 5.69 Å². The van der Waals surface area contributed by atoms with Crippen LogP contribution in [0.5, 0.6) is 0 Å². The van der Waals surface area contributed by atoms with Crippen LogP contribution in [0.1, 0.15) is 50.8 Å². The SMILES string of the molecule is COC(=O)C(NC1(C(=O)Nc2ccccc2CO[Si](C)(C)C(C)(C)C)CCSCC1)c1ccccc1. The van der Waals surface area contributed by atoms with Gasteiger partial charge in [-0.3, -0.25) is 10.1 Å². The first-order valence-corrected chi connectivity index (χ1v) is 16.6. The maximum Gasteiger partial charge on any atom is 0.327 e. The predicted octanol–water partition coefficient (Wildman–Crippen LogP) is 5.92. The van der Waals surface area contributed by atoms with Crippen molar-refractivity contribution in [3.05, 3.63) is 65.7 Å². The van der Waals surface area contributed by atoms with Gasteiger partial charge in [0.05, 0.1) is 13.7 Å². The number of hydrogen-bond donors (Lipinski definition) is 2. The van der Waals surface area contributed by atoms with Crippen LogP contribution in [-0.4, -0.2) is 44.3 Å². The topological polar surface area (TPSA) is 76.7 Å². The smallest absolute Gasteiger partial charge is 0.327 e. The minimum absolute atomic E-state index is 0.0965. The van der Waals surface area contributed by atoms with Gasteiger partial charge in [-0.1, -0.05) is 69.3 Å². The van der Waals surface area contributed by atoms with Crippen LogP contribution in [-0.2, 0) is 25.4 Å². The molecule has 196 valence electrons. The number of carbonyl (C=O) groups excluding carboxylic acids is 2. The average molecular weight is 529 g/mol. The summed E-state index contributed by atoms with van der Waals surface area (Å²) in [5.41, 5.74) is 1.57. The minimum Gasteiger partial charge on any atom is -0.468 e. The van der Waals surface area contributed by atoms with Crippen LogP contribution < -0.4 is 10.6 Å². The number of hydrogen-bond acceptors (Lipinski definition) is 6. The highest BCUT2D eigenvalue weighted by atomic mass is 32.2. The van der Waals surface area contributed by atoms with Gasteiger partial charge in [0.1, 0.15) is 11.6 Å². The first-order chi connectivity index (χ1) is 17.0. The van der Waals surface area contributed by atoms with E-state index in [1.54, 1.807) is 0 Å². The van der Waals surface area contributed by atoms with Gasteiger partial charge in [0, 0.05) is 5.69 Å². The van der Waals surface area contributed by atoms with Gasteiger partial charge in [0.25, 0.3) is 0 Å². The van der Waals surface area contributed by atoms with E-state index in [4.69, 9.17) is 9.16 Å². The highest BCUT2D eigenvalue weighted by molar-refractivity contribution is 7.99. The summed E-state index contributed by atoms with van der Waals surface area (Å²) in [7, 11) is -0.576. The number of amides is 1. The molecule has 8 heteroatoms. The van der Waals surface area contributed by atoms with Gasteiger partial charge >= 0.3 is 5.97 Å². The largest absolute Gasteiger partial charge is 0.468 e. The van der Waals surface area contributed by atoms with E-state index < -0.39 is 25.9 Å². The molecule has 2 aromatic rings. The summed E-state index contributed by atoms with van der Waals surface area (Å²) in [6, 6.07) is 16.5. The van der Waals surface area contributed by atoms with Crippen molar-refractivity contribution in [2.24, 2.45) is 0 Å². The van der Waals surface area contributed by atoms with E-state index in [0.29, 0.717) is 19.4 Å². The molecule has 0 bridgehead atoms. The molecule has 1 unspecified atom stereocenters. The second-order valence-corrected chi connectivity index (χ2v) is 16.9. The van der Waals surface area contributed by atoms with E-state index in [-0.39, 0.29) is 10.9 Å². The summed E-state index contributed by atoms with van der Waals surface area (Å²) in [4.78, 5) is 26.7. The zero-order valence-corrected chi connectivity index (χ0v) is 24.2. The van der Waals surface area contributed by atoms with E-state index in [1.807, 2.05) is 66.4 Å². The molecule has 1 aliphatic rings. The number of thioether (sulfide) groups is 1. The monoisotopic (exact) mass is 528 g/mol. The van der Waals surface area contributed by atoms with E-state index >= 15 is 0 Å². The van der Waals surface area contributed by atoms with Gasteiger partial charge in [-0.05, 0) is 59.7 Å². The number of carbonyl (C=O) groups is 2. The molecule has 0 radical (unpaired) electrons. The van der Waals surface area contributed by atoms with Crippen LogP contribution in [0, 0.1) is 0 Å². The van der Waals surface area contributed by atoms with Crippen molar-refractivity contribution in [1.29, 1.82) is 0 Å². The fourth-order valence-electron chi connectivity index (χ4n) is 3.96. The molecule has 2 N–H and O–H groups in total. The standard InChI is InChI=1S/C28H40N2O4SSi/c1-27(2,3)36(5,6)34-20-22-14-10-11-15-23(22)29-26(32)28(16-18-35-19-17-28)30-24(25(31)33-4)21-12-8-7-9-13-21/h7-15,24,30H,16-20H2,1-6H3,(H,29,32). The summed E-state index contributed by atoms with van der Waals surface area (Å²) in [5.74, 6) is 1.13. The first kappa shape index (κ1) is 28.4. The minimum atomic E-state index is -1.95. The number of para-hydroxylation sites is 1. The Labute approximate surface area is 221 Å². The molecular weight excluding hydrogens is 488 g/mol. The fraction of sp³-hybridized carbons (Fsp3) is 0.500. The van der Waals surface area contributed by atoms with Crippen molar-refractivity contribution in [1.82, 2.24) is 5.32 Å². The van der Waals surface area contributed by atoms with Crippen LogP contribution in [0.2, 0.25) is 18.1 Å². The summed E-state index contributed by atoms with van der Waals surface area (Å²) in [6.45, 7) is 11.5. The lowest BCUT2D eigenvalue weighted by molar-refractivity contribution is -0.144. The number of rotatable bonds is 9. The van der Waals surface area contributed by atoms with Gasteiger partial charge in [-0.25, -0.2) is 4.79 Å². The van der Waals surface area contributed by atoms with Crippen molar-refractivity contribution in [3.8, 4) is 0 Å². The van der Waals surface area contributed by atoms with Gasteiger partial charge in [-0.2, -0.15) is 11.8 Å². The third kappa shape index (κ3) is 6.79. The Kier molecular flexibility index (Phi) is 9.43. The van der Waals surface area contributed by atoms with Crippen molar-refractivity contribution in [2.45, 2.75) is 69.9 Å². The molecule has 0 aliphatic carbocycles. The second kappa shape index (κ2) is 11.9. The highest BCUT2D eigenvalue weighted by Crippen LogP contribution is 2.38. The Balaban J connectivity index is 1.86. The van der Waals surface area contributed by atoms with E-state index in [0.717, 1.165) is 28.3 Å². The lowest BCUT2D eigenvalue weighted by Gasteiger charge is -2.39. The van der Waals surface area contributed by atoms with Gasteiger partial charge in [0.2, 0.25) is 5.91 Å². The quantitative estimate of drug-likeness (QED) is 0.311. The number of methoxy groups -OCH3 is 1. The molecule has 1 atom stereocenters. The highest BCUT2D eigenvalue weighted by Gasteiger charge is 2.43. The van der Waals surface area contributed by atoms with E-state index in [2.05, 4.69) is 44.5 Å². The zero-order chi connectivity index (χ0) is 26.4. The Hall–Kier alpha value is -2.13. The molecule has 2 aromatic carbocycles. The molecular formula is C28H40N2O4SSi. The maximum absolute atomic E-state index is 13.9. The maximum atomic E-state index is 13.9. The number of nitrogens with one attached hydrogen (secondary N) is 2.